The number of anilines is 1. The van der Waals surface area contributed by atoms with Gasteiger partial charge in [-0.25, -0.2) is 0 Å². The summed E-state index contributed by atoms with van der Waals surface area (Å²) in [6, 6.07) is 4.11. The number of hydrogen-bond donors (Lipinski definition) is 1. The van der Waals surface area contributed by atoms with Crippen molar-refractivity contribution >= 4 is 28.9 Å². The molecule has 2 nitrogen and oxygen atoms in total. The monoisotopic (exact) mass is 273 g/mol. The van der Waals surface area contributed by atoms with Crippen LogP contribution in [0.25, 0.3) is 0 Å². The lowest BCUT2D eigenvalue weighted by Crippen LogP contribution is -2.27. The number of nitrogens with one attached hydrogen (secondary N) is 1. The van der Waals surface area contributed by atoms with E-state index < -0.39 is 0 Å². The van der Waals surface area contributed by atoms with Crippen molar-refractivity contribution in [1.82, 2.24) is 0 Å². The van der Waals surface area contributed by atoms with E-state index in [9.17, 15) is 0 Å². The van der Waals surface area contributed by atoms with Crippen LogP contribution in [0.4, 0.5) is 5.69 Å². The fourth-order valence-corrected chi connectivity index (χ4v) is 2.37. The van der Waals surface area contributed by atoms with E-state index in [4.69, 9.17) is 27.9 Å². The molecule has 2 rings (SSSR count). The zero-order valence-electron chi connectivity index (χ0n) is 10.1. The maximum Gasteiger partial charge on any atom is 0.0666 e. The Labute approximate surface area is 112 Å². The fraction of sp³-hybridized carbons (Fsp3) is 0.538. The lowest BCUT2D eigenvalue weighted by Gasteiger charge is -2.20. The van der Waals surface area contributed by atoms with E-state index in [0.29, 0.717) is 23.6 Å². The SMILES string of the molecule is COCC(Nc1cc(Cl)c(C)cc1Cl)C1CC1. The highest BCUT2D eigenvalue weighted by atomic mass is 35.5. The fourth-order valence-electron chi connectivity index (χ4n) is 1.93. The van der Waals surface area contributed by atoms with E-state index in [0.717, 1.165) is 16.3 Å². The summed E-state index contributed by atoms with van der Waals surface area (Å²) < 4.78 is 5.23. The average Bonchev–Trinajstić information content (AvgIpc) is 3.08. The molecule has 0 spiro atoms. The predicted molar refractivity (Wildman–Crippen MR) is 73.2 cm³/mol. The third-order valence-electron chi connectivity index (χ3n) is 3.13. The smallest absolute Gasteiger partial charge is 0.0666 e. The van der Waals surface area contributed by atoms with Gasteiger partial charge in [0.15, 0.2) is 0 Å². The summed E-state index contributed by atoms with van der Waals surface area (Å²) in [6.45, 7) is 2.65. The van der Waals surface area contributed by atoms with E-state index >= 15 is 0 Å². The Morgan fingerprint density at radius 3 is 2.65 bits per heavy atom. The second-order valence-corrected chi connectivity index (χ2v) is 5.44. The third kappa shape index (κ3) is 3.27. The number of hydrogen-bond acceptors (Lipinski definition) is 2. The van der Waals surface area contributed by atoms with Gasteiger partial charge < -0.3 is 10.1 Å². The van der Waals surface area contributed by atoms with Crippen molar-refractivity contribution < 1.29 is 4.74 Å². The van der Waals surface area contributed by atoms with Crippen LogP contribution in [-0.2, 0) is 4.74 Å². The minimum absolute atomic E-state index is 0.330. The maximum absolute atomic E-state index is 6.21. The minimum atomic E-state index is 0.330. The quantitative estimate of drug-likeness (QED) is 0.871. The highest BCUT2D eigenvalue weighted by Crippen LogP contribution is 2.36. The van der Waals surface area contributed by atoms with Crippen molar-refractivity contribution in [3.05, 3.63) is 27.7 Å². The molecule has 0 radical (unpaired) electrons. The average molecular weight is 274 g/mol. The van der Waals surface area contributed by atoms with Crippen molar-refractivity contribution in [3.8, 4) is 0 Å². The van der Waals surface area contributed by atoms with Gasteiger partial charge in [0, 0.05) is 12.1 Å². The van der Waals surface area contributed by atoms with Gasteiger partial charge in [-0.2, -0.15) is 0 Å². The van der Waals surface area contributed by atoms with Gasteiger partial charge in [-0.1, -0.05) is 23.2 Å². The van der Waals surface area contributed by atoms with Crippen molar-refractivity contribution in [2.24, 2.45) is 5.92 Å². The van der Waals surface area contributed by atoms with Gasteiger partial charge in [0.2, 0.25) is 0 Å². The molecule has 1 fully saturated rings. The molecule has 0 aliphatic heterocycles. The van der Waals surface area contributed by atoms with Crippen molar-refractivity contribution in [2.75, 3.05) is 19.0 Å². The van der Waals surface area contributed by atoms with Gasteiger partial charge in [0.05, 0.1) is 23.4 Å². The van der Waals surface area contributed by atoms with Crippen LogP contribution < -0.4 is 5.32 Å². The number of halogens is 2. The summed E-state index contributed by atoms with van der Waals surface area (Å²) in [5.74, 6) is 0.700. The van der Waals surface area contributed by atoms with Crippen LogP contribution in [0.5, 0.6) is 0 Å². The molecular formula is C13H17Cl2NO. The Morgan fingerprint density at radius 1 is 1.35 bits per heavy atom. The lowest BCUT2D eigenvalue weighted by molar-refractivity contribution is 0.179. The molecule has 1 N–H and O–H groups in total. The van der Waals surface area contributed by atoms with Crippen LogP contribution in [0.15, 0.2) is 12.1 Å². The normalized spacial score (nSPS) is 16.9. The maximum atomic E-state index is 6.21. The highest BCUT2D eigenvalue weighted by molar-refractivity contribution is 6.35. The van der Waals surface area contributed by atoms with E-state index in [2.05, 4.69) is 5.32 Å². The summed E-state index contributed by atoms with van der Waals surface area (Å²) in [7, 11) is 1.72. The first-order valence-electron chi connectivity index (χ1n) is 5.83. The van der Waals surface area contributed by atoms with Crippen LogP contribution in [0.2, 0.25) is 10.0 Å². The number of rotatable bonds is 5. The first kappa shape index (κ1) is 13.0. The topological polar surface area (TPSA) is 21.3 Å². The van der Waals surface area contributed by atoms with Crippen LogP contribution in [0.3, 0.4) is 0 Å². The van der Waals surface area contributed by atoms with Gasteiger partial charge >= 0.3 is 0 Å². The Hall–Kier alpha value is -0.440. The summed E-state index contributed by atoms with van der Waals surface area (Å²) in [5.41, 5.74) is 1.90. The first-order valence-corrected chi connectivity index (χ1v) is 6.58. The summed E-state index contributed by atoms with van der Waals surface area (Å²) in [5, 5.41) is 4.89. The predicted octanol–water partition coefficient (Wildman–Crippen LogP) is 4.14. The Kier molecular flexibility index (Phi) is 4.18. The Morgan fingerprint density at radius 2 is 2.06 bits per heavy atom. The van der Waals surface area contributed by atoms with Gasteiger partial charge in [-0.15, -0.1) is 0 Å². The summed E-state index contributed by atoms with van der Waals surface area (Å²) >= 11 is 12.3. The largest absolute Gasteiger partial charge is 0.383 e. The molecule has 0 aromatic heterocycles. The Bertz CT molecular complexity index is 405. The van der Waals surface area contributed by atoms with Gasteiger partial charge in [0.25, 0.3) is 0 Å². The lowest BCUT2D eigenvalue weighted by atomic mass is 10.1. The molecule has 4 heteroatoms. The second kappa shape index (κ2) is 5.47. The molecule has 1 saturated carbocycles. The van der Waals surface area contributed by atoms with Crippen LogP contribution in [0.1, 0.15) is 18.4 Å². The molecule has 1 unspecified atom stereocenters. The molecule has 0 heterocycles. The zero-order chi connectivity index (χ0) is 12.4. The third-order valence-corrected chi connectivity index (χ3v) is 3.85. The van der Waals surface area contributed by atoms with Crippen LogP contribution in [0, 0.1) is 12.8 Å². The first-order chi connectivity index (χ1) is 8.11. The van der Waals surface area contributed by atoms with Gasteiger partial charge in [0.1, 0.15) is 0 Å². The standard InChI is InChI=1S/C13H17Cl2NO/c1-8-5-11(15)12(6-10(8)14)16-13(7-17-2)9-3-4-9/h5-6,9,13,16H,3-4,7H2,1-2H3. The molecule has 94 valence electrons. The zero-order valence-corrected chi connectivity index (χ0v) is 11.6. The minimum Gasteiger partial charge on any atom is -0.383 e. The van der Waals surface area contributed by atoms with Gasteiger partial charge in [-0.05, 0) is 43.4 Å². The number of ether oxygens (including phenoxy) is 1. The molecule has 1 aromatic rings. The molecule has 0 saturated heterocycles. The van der Waals surface area contributed by atoms with Crippen molar-refractivity contribution in [2.45, 2.75) is 25.8 Å². The van der Waals surface area contributed by atoms with E-state index in [1.54, 1.807) is 7.11 Å². The van der Waals surface area contributed by atoms with Gasteiger partial charge in [-0.3, -0.25) is 0 Å². The molecule has 1 atom stereocenters. The van der Waals surface area contributed by atoms with E-state index in [1.165, 1.54) is 12.8 Å². The van der Waals surface area contributed by atoms with Crippen LogP contribution in [-0.4, -0.2) is 19.8 Å². The van der Waals surface area contributed by atoms with Crippen LogP contribution >= 0.6 is 23.2 Å². The molecule has 0 bridgehead atoms. The molecule has 1 aliphatic carbocycles. The summed E-state index contributed by atoms with van der Waals surface area (Å²) in [4.78, 5) is 0. The number of methoxy groups -OCH3 is 1. The highest BCUT2D eigenvalue weighted by Gasteiger charge is 2.31. The number of benzene rings is 1. The molecule has 1 aliphatic rings. The molecular weight excluding hydrogens is 257 g/mol. The van der Waals surface area contributed by atoms with E-state index in [-0.39, 0.29) is 0 Å². The molecule has 17 heavy (non-hydrogen) atoms. The Balaban J connectivity index is 2.13. The second-order valence-electron chi connectivity index (χ2n) is 4.62. The molecule has 1 aromatic carbocycles. The number of aryl methyl sites for hydroxylation is 1. The summed E-state index contributed by atoms with van der Waals surface area (Å²) in [6.07, 6.45) is 2.52. The van der Waals surface area contributed by atoms with E-state index in [1.807, 2.05) is 19.1 Å². The molecule has 0 amide bonds. The van der Waals surface area contributed by atoms with Crippen molar-refractivity contribution in [1.29, 1.82) is 0 Å². The van der Waals surface area contributed by atoms with Crippen molar-refractivity contribution in [3.63, 3.8) is 0 Å².